The Balaban J connectivity index is 1.64. The third-order valence-corrected chi connectivity index (χ3v) is 6.84. The van der Waals surface area contributed by atoms with Gasteiger partial charge in [0.1, 0.15) is 17.8 Å². The lowest BCUT2D eigenvalue weighted by Gasteiger charge is -2.27. The van der Waals surface area contributed by atoms with Gasteiger partial charge in [0.2, 0.25) is 0 Å². The summed E-state index contributed by atoms with van der Waals surface area (Å²) < 4.78 is 83.1. The highest BCUT2D eigenvalue weighted by molar-refractivity contribution is 7.92. The van der Waals surface area contributed by atoms with Gasteiger partial charge in [-0.05, 0) is 49.7 Å². The van der Waals surface area contributed by atoms with Crippen molar-refractivity contribution < 1.29 is 26.0 Å². The summed E-state index contributed by atoms with van der Waals surface area (Å²) in [7, 11) is -4.30. The van der Waals surface area contributed by atoms with Gasteiger partial charge in [-0.15, -0.1) is 0 Å². The van der Waals surface area contributed by atoms with Crippen LogP contribution >= 0.6 is 0 Å². The molecule has 3 N–H and O–H groups in total. The maximum atomic E-state index is 14.1. The molecule has 0 unspecified atom stereocenters. The van der Waals surface area contributed by atoms with Crippen LogP contribution in [-0.4, -0.2) is 43.7 Å². The van der Waals surface area contributed by atoms with Crippen molar-refractivity contribution in [3.05, 3.63) is 65.7 Å². The molecule has 2 aromatic heterocycles. The van der Waals surface area contributed by atoms with E-state index in [2.05, 4.69) is 25.3 Å². The standard InChI is InChI=1S/C23H23F4N5O2S/c1-14-5-2-3-6-15(14)22-16(23(25,26)27)9-10-20(31-22)32-35(33,34)21-8-4-7-19(30-21)29-18-11-12-28-13-17(18)24/h2-10,17-18,28H,11-13H2,1H3,(H,29,30)(H,31,32)/t17-,18+/m0/s1. The fourth-order valence-electron chi connectivity index (χ4n) is 3.80. The van der Waals surface area contributed by atoms with Crippen molar-refractivity contribution in [1.29, 1.82) is 0 Å². The number of sulfonamides is 1. The minimum Gasteiger partial charge on any atom is -0.364 e. The zero-order valence-electron chi connectivity index (χ0n) is 18.6. The highest BCUT2D eigenvalue weighted by Gasteiger charge is 2.35. The topological polar surface area (TPSA) is 96.0 Å². The van der Waals surface area contributed by atoms with Crippen LogP contribution in [0.25, 0.3) is 11.3 Å². The van der Waals surface area contributed by atoms with Crippen molar-refractivity contribution >= 4 is 21.7 Å². The zero-order valence-corrected chi connectivity index (χ0v) is 19.4. The first-order valence-electron chi connectivity index (χ1n) is 10.8. The summed E-state index contributed by atoms with van der Waals surface area (Å²) in [5.74, 6) is -0.123. The fourth-order valence-corrected chi connectivity index (χ4v) is 4.77. The number of nitrogens with zero attached hydrogens (tertiary/aromatic N) is 2. The number of hydrogen-bond donors (Lipinski definition) is 3. The summed E-state index contributed by atoms with van der Waals surface area (Å²) in [5, 5.41) is 5.45. The van der Waals surface area contributed by atoms with Crippen LogP contribution in [0.4, 0.5) is 29.2 Å². The van der Waals surface area contributed by atoms with E-state index in [0.717, 1.165) is 12.1 Å². The van der Waals surface area contributed by atoms with E-state index in [1.807, 2.05) is 0 Å². The number of aryl methyl sites for hydroxylation is 1. The van der Waals surface area contributed by atoms with E-state index in [4.69, 9.17) is 0 Å². The van der Waals surface area contributed by atoms with E-state index in [-0.39, 0.29) is 34.5 Å². The molecule has 0 saturated carbocycles. The number of aromatic nitrogens is 2. The van der Waals surface area contributed by atoms with Gasteiger partial charge in [-0.3, -0.25) is 4.72 Å². The molecule has 1 saturated heterocycles. The number of rotatable bonds is 6. The number of anilines is 2. The molecule has 3 heterocycles. The van der Waals surface area contributed by atoms with E-state index in [0.29, 0.717) is 18.5 Å². The smallest absolute Gasteiger partial charge is 0.364 e. The Morgan fingerprint density at radius 1 is 1.00 bits per heavy atom. The van der Waals surface area contributed by atoms with Crippen LogP contribution in [0.15, 0.2) is 59.6 Å². The average molecular weight is 510 g/mol. The Bertz CT molecular complexity index is 1320. The van der Waals surface area contributed by atoms with Crippen molar-refractivity contribution in [2.75, 3.05) is 23.1 Å². The Morgan fingerprint density at radius 3 is 2.49 bits per heavy atom. The van der Waals surface area contributed by atoms with Gasteiger partial charge in [-0.1, -0.05) is 30.3 Å². The largest absolute Gasteiger partial charge is 0.418 e. The van der Waals surface area contributed by atoms with Gasteiger partial charge in [-0.25, -0.2) is 14.4 Å². The molecule has 1 aliphatic heterocycles. The Kier molecular flexibility index (Phi) is 6.95. The Morgan fingerprint density at radius 2 is 1.77 bits per heavy atom. The molecule has 4 rings (SSSR count). The summed E-state index contributed by atoms with van der Waals surface area (Å²) in [5.41, 5.74) is -0.594. The first-order valence-corrected chi connectivity index (χ1v) is 12.3. The maximum Gasteiger partial charge on any atom is 0.418 e. The monoisotopic (exact) mass is 509 g/mol. The summed E-state index contributed by atoms with van der Waals surface area (Å²) in [6.45, 7) is 2.43. The first-order chi connectivity index (χ1) is 16.5. The number of piperidine rings is 1. The molecule has 3 aromatic rings. The second kappa shape index (κ2) is 9.78. The van der Waals surface area contributed by atoms with E-state index in [1.165, 1.54) is 24.3 Å². The van der Waals surface area contributed by atoms with Gasteiger partial charge in [-0.2, -0.15) is 21.6 Å². The van der Waals surface area contributed by atoms with Crippen LogP contribution in [0.2, 0.25) is 0 Å². The summed E-state index contributed by atoms with van der Waals surface area (Å²) in [6.07, 6.45) is -5.36. The molecular weight excluding hydrogens is 486 g/mol. The zero-order chi connectivity index (χ0) is 25.2. The van der Waals surface area contributed by atoms with E-state index < -0.39 is 34.0 Å². The number of benzene rings is 1. The lowest BCUT2D eigenvalue weighted by atomic mass is 10.0. The minimum atomic E-state index is -4.69. The lowest BCUT2D eigenvalue weighted by molar-refractivity contribution is -0.137. The quantitative estimate of drug-likeness (QED) is 0.427. The van der Waals surface area contributed by atoms with Crippen LogP contribution in [0, 0.1) is 6.92 Å². The van der Waals surface area contributed by atoms with E-state index in [1.54, 1.807) is 25.1 Å². The minimum absolute atomic E-state index is 0.170. The molecule has 0 radical (unpaired) electrons. The molecule has 2 atom stereocenters. The van der Waals surface area contributed by atoms with Gasteiger partial charge in [0.25, 0.3) is 10.0 Å². The Hall–Kier alpha value is -3.25. The molecule has 0 amide bonds. The molecule has 0 spiro atoms. The summed E-state index contributed by atoms with van der Waals surface area (Å²) >= 11 is 0. The molecule has 12 heteroatoms. The fraction of sp³-hybridized carbons (Fsp3) is 0.304. The molecule has 0 bridgehead atoms. The third kappa shape index (κ3) is 5.70. The van der Waals surface area contributed by atoms with Gasteiger partial charge in [0.15, 0.2) is 5.03 Å². The van der Waals surface area contributed by atoms with Crippen LogP contribution in [0.5, 0.6) is 0 Å². The predicted molar refractivity (Wildman–Crippen MR) is 124 cm³/mol. The molecule has 186 valence electrons. The third-order valence-electron chi connectivity index (χ3n) is 5.58. The molecule has 1 fully saturated rings. The van der Waals surface area contributed by atoms with Crippen molar-refractivity contribution in [1.82, 2.24) is 15.3 Å². The number of pyridine rings is 2. The molecular formula is C23H23F4N5O2S. The second-order valence-electron chi connectivity index (χ2n) is 8.13. The van der Waals surface area contributed by atoms with Gasteiger partial charge in [0, 0.05) is 12.1 Å². The molecule has 1 aliphatic rings. The maximum absolute atomic E-state index is 14.1. The van der Waals surface area contributed by atoms with Gasteiger partial charge < -0.3 is 10.6 Å². The highest BCUT2D eigenvalue weighted by atomic mass is 32.2. The number of nitrogens with one attached hydrogen (secondary N) is 3. The van der Waals surface area contributed by atoms with Crippen LogP contribution in [0.1, 0.15) is 17.5 Å². The van der Waals surface area contributed by atoms with Crippen molar-refractivity contribution in [3.8, 4) is 11.3 Å². The Labute approximate surface area is 200 Å². The van der Waals surface area contributed by atoms with Crippen molar-refractivity contribution in [2.24, 2.45) is 0 Å². The SMILES string of the molecule is Cc1ccccc1-c1nc(NS(=O)(=O)c2cccc(N[C@@H]3CCNC[C@@H]3F)n2)ccc1C(F)(F)F. The van der Waals surface area contributed by atoms with Gasteiger partial charge >= 0.3 is 6.18 Å². The van der Waals surface area contributed by atoms with E-state index in [9.17, 15) is 26.0 Å². The predicted octanol–water partition coefficient (Wildman–Crippen LogP) is 4.38. The van der Waals surface area contributed by atoms with Gasteiger partial charge in [0.05, 0.1) is 17.3 Å². The molecule has 0 aliphatic carbocycles. The number of halogens is 4. The summed E-state index contributed by atoms with van der Waals surface area (Å²) in [4.78, 5) is 8.06. The summed E-state index contributed by atoms with van der Waals surface area (Å²) in [6, 6.07) is 11.8. The van der Waals surface area contributed by atoms with Crippen molar-refractivity contribution in [2.45, 2.75) is 36.8 Å². The lowest BCUT2D eigenvalue weighted by Crippen LogP contribution is -2.45. The van der Waals surface area contributed by atoms with Crippen molar-refractivity contribution in [3.63, 3.8) is 0 Å². The first kappa shape index (κ1) is 24.9. The molecule has 1 aromatic carbocycles. The van der Waals surface area contributed by atoms with Crippen LogP contribution in [0.3, 0.4) is 0 Å². The van der Waals surface area contributed by atoms with Crippen LogP contribution < -0.4 is 15.4 Å². The normalized spacial score (nSPS) is 18.8. The van der Waals surface area contributed by atoms with E-state index >= 15 is 0 Å². The second-order valence-corrected chi connectivity index (χ2v) is 9.76. The highest BCUT2D eigenvalue weighted by Crippen LogP contribution is 2.38. The number of alkyl halides is 4. The van der Waals surface area contributed by atoms with Crippen LogP contribution in [-0.2, 0) is 16.2 Å². The molecule has 7 nitrogen and oxygen atoms in total. The average Bonchev–Trinajstić information content (AvgIpc) is 2.80. The molecule has 35 heavy (non-hydrogen) atoms. The number of hydrogen-bond acceptors (Lipinski definition) is 6.